The summed E-state index contributed by atoms with van der Waals surface area (Å²) in [6, 6.07) is 8.45. The highest BCUT2D eigenvalue weighted by Crippen LogP contribution is 2.35. The van der Waals surface area contributed by atoms with E-state index in [1.807, 2.05) is 0 Å². The van der Waals surface area contributed by atoms with Gasteiger partial charge in [0, 0.05) is 22.6 Å². The van der Waals surface area contributed by atoms with Gasteiger partial charge in [-0.25, -0.2) is 0 Å². The van der Waals surface area contributed by atoms with Crippen molar-refractivity contribution in [3.05, 3.63) is 29.8 Å². The Morgan fingerprint density at radius 3 is 3.06 bits per heavy atom. The minimum absolute atomic E-state index is 1.00. The number of anilines is 1. The molecular formula is C12H13N3S. The minimum Gasteiger partial charge on any atom is -0.368 e. The van der Waals surface area contributed by atoms with Gasteiger partial charge in [0.2, 0.25) is 0 Å². The second-order valence-corrected chi connectivity index (χ2v) is 4.65. The molecule has 16 heavy (non-hydrogen) atoms. The van der Waals surface area contributed by atoms with E-state index >= 15 is 0 Å². The number of nitrogens with zero attached hydrogens (tertiary/aromatic N) is 1. The Balaban J connectivity index is 2.15. The summed E-state index contributed by atoms with van der Waals surface area (Å²) in [6.45, 7) is 1.00. The molecular weight excluding hydrogens is 218 g/mol. The number of aromatic nitrogens is 2. The third-order valence-corrected chi connectivity index (χ3v) is 3.71. The molecule has 0 aliphatic carbocycles. The highest BCUT2D eigenvalue weighted by Gasteiger charge is 2.20. The van der Waals surface area contributed by atoms with E-state index in [0.29, 0.717) is 0 Å². The van der Waals surface area contributed by atoms with Crippen molar-refractivity contribution in [2.45, 2.75) is 11.3 Å². The third-order valence-electron chi connectivity index (χ3n) is 2.91. The average Bonchev–Trinajstić information content (AvgIpc) is 2.91. The summed E-state index contributed by atoms with van der Waals surface area (Å²) in [7, 11) is 0. The SMILES string of the molecule is CSc1ccccc1-c1[nH]nc2c1CCN2. The van der Waals surface area contributed by atoms with E-state index in [1.165, 1.54) is 21.7 Å². The fraction of sp³-hybridized carbons (Fsp3) is 0.250. The lowest BCUT2D eigenvalue weighted by Gasteiger charge is -2.05. The molecule has 0 fully saturated rings. The summed E-state index contributed by atoms with van der Waals surface area (Å²) in [4.78, 5) is 1.29. The van der Waals surface area contributed by atoms with Crippen molar-refractivity contribution in [3.63, 3.8) is 0 Å². The Kier molecular flexibility index (Phi) is 2.36. The zero-order valence-electron chi connectivity index (χ0n) is 9.08. The van der Waals surface area contributed by atoms with E-state index in [1.54, 1.807) is 11.8 Å². The number of hydrogen-bond donors (Lipinski definition) is 2. The van der Waals surface area contributed by atoms with Gasteiger partial charge in [-0.15, -0.1) is 11.8 Å². The van der Waals surface area contributed by atoms with Crippen LogP contribution in [0.25, 0.3) is 11.3 Å². The van der Waals surface area contributed by atoms with E-state index in [2.05, 4.69) is 46.0 Å². The lowest BCUT2D eigenvalue weighted by atomic mass is 10.1. The summed E-state index contributed by atoms with van der Waals surface area (Å²) < 4.78 is 0. The first-order chi connectivity index (χ1) is 7.90. The van der Waals surface area contributed by atoms with Crippen LogP contribution in [-0.4, -0.2) is 23.0 Å². The topological polar surface area (TPSA) is 40.7 Å². The smallest absolute Gasteiger partial charge is 0.151 e. The van der Waals surface area contributed by atoms with Gasteiger partial charge in [-0.3, -0.25) is 5.10 Å². The summed E-state index contributed by atoms with van der Waals surface area (Å²) in [5.74, 6) is 1.02. The summed E-state index contributed by atoms with van der Waals surface area (Å²) in [5, 5.41) is 10.7. The maximum absolute atomic E-state index is 4.30. The summed E-state index contributed by atoms with van der Waals surface area (Å²) >= 11 is 1.77. The van der Waals surface area contributed by atoms with Gasteiger partial charge in [0.05, 0.1) is 5.69 Å². The highest BCUT2D eigenvalue weighted by atomic mass is 32.2. The predicted octanol–water partition coefficient (Wildman–Crippen LogP) is 2.77. The fourth-order valence-electron chi connectivity index (χ4n) is 2.13. The summed E-state index contributed by atoms with van der Waals surface area (Å²) in [5.41, 5.74) is 3.75. The molecule has 2 aromatic rings. The van der Waals surface area contributed by atoms with E-state index in [-0.39, 0.29) is 0 Å². The van der Waals surface area contributed by atoms with Crippen LogP contribution in [0.15, 0.2) is 29.2 Å². The molecule has 2 N–H and O–H groups in total. The van der Waals surface area contributed by atoms with E-state index in [9.17, 15) is 0 Å². The number of rotatable bonds is 2. The van der Waals surface area contributed by atoms with Crippen molar-refractivity contribution < 1.29 is 0 Å². The molecule has 1 aromatic carbocycles. The molecule has 2 heterocycles. The molecule has 1 aromatic heterocycles. The van der Waals surface area contributed by atoms with Crippen molar-refractivity contribution in [1.29, 1.82) is 0 Å². The van der Waals surface area contributed by atoms with Crippen LogP contribution in [0.4, 0.5) is 5.82 Å². The van der Waals surface area contributed by atoms with E-state index in [4.69, 9.17) is 0 Å². The first-order valence-corrected chi connectivity index (χ1v) is 6.57. The normalized spacial score (nSPS) is 13.6. The van der Waals surface area contributed by atoms with Gasteiger partial charge in [-0.1, -0.05) is 18.2 Å². The van der Waals surface area contributed by atoms with Gasteiger partial charge >= 0.3 is 0 Å². The van der Waals surface area contributed by atoms with Crippen molar-refractivity contribution in [1.82, 2.24) is 10.2 Å². The second-order valence-electron chi connectivity index (χ2n) is 3.80. The fourth-order valence-corrected chi connectivity index (χ4v) is 2.74. The van der Waals surface area contributed by atoms with Crippen LogP contribution in [0.1, 0.15) is 5.56 Å². The third kappa shape index (κ3) is 1.41. The molecule has 0 saturated carbocycles. The molecule has 0 amide bonds. The Bertz CT molecular complexity index is 519. The van der Waals surface area contributed by atoms with Crippen LogP contribution in [-0.2, 0) is 6.42 Å². The number of fused-ring (bicyclic) bond motifs is 1. The van der Waals surface area contributed by atoms with Crippen LogP contribution < -0.4 is 5.32 Å². The molecule has 0 radical (unpaired) electrons. The quantitative estimate of drug-likeness (QED) is 0.781. The first kappa shape index (κ1) is 9.78. The molecule has 0 unspecified atom stereocenters. The molecule has 3 rings (SSSR count). The summed E-state index contributed by atoms with van der Waals surface area (Å²) in [6.07, 6.45) is 3.16. The molecule has 1 aliphatic rings. The van der Waals surface area contributed by atoms with Crippen LogP contribution >= 0.6 is 11.8 Å². The Morgan fingerprint density at radius 1 is 1.31 bits per heavy atom. The van der Waals surface area contributed by atoms with Gasteiger partial charge in [0.15, 0.2) is 5.82 Å². The van der Waals surface area contributed by atoms with E-state index in [0.717, 1.165) is 18.8 Å². The lowest BCUT2D eigenvalue weighted by molar-refractivity contribution is 1.04. The number of benzene rings is 1. The standard InChI is InChI=1S/C12H13N3S/c1-16-10-5-3-2-4-8(10)11-9-6-7-13-12(9)15-14-11/h2-5H,6-7H2,1H3,(H2,13,14,15). The van der Waals surface area contributed by atoms with Gasteiger partial charge in [-0.05, 0) is 18.7 Å². The molecule has 0 atom stereocenters. The van der Waals surface area contributed by atoms with Crippen molar-refractivity contribution in [2.75, 3.05) is 18.1 Å². The number of hydrogen-bond acceptors (Lipinski definition) is 3. The Hall–Kier alpha value is -1.42. The molecule has 82 valence electrons. The van der Waals surface area contributed by atoms with Crippen LogP contribution in [0.3, 0.4) is 0 Å². The predicted molar refractivity (Wildman–Crippen MR) is 68.0 cm³/mol. The molecule has 4 heteroatoms. The van der Waals surface area contributed by atoms with Crippen LogP contribution in [0, 0.1) is 0 Å². The van der Waals surface area contributed by atoms with Crippen molar-refractivity contribution >= 4 is 17.6 Å². The van der Waals surface area contributed by atoms with Crippen molar-refractivity contribution in [3.8, 4) is 11.3 Å². The van der Waals surface area contributed by atoms with Gasteiger partial charge in [0.25, 0.3) is 0 Å². The number of nitrogens with one attached hydrogen (secondary N) is 2. The van der Waals surface area contributed by atoms with Crippen LogP contribution in [0.2, 0.25) is 0 Å². The maximum Gasteiger partial charge on any atom is 0.151 e. The highest BCUT2D eigenvalue weighted by molar-refractivity contribution is 7.98. The monoisotopic (exact) mass is 231 g/mol. The Labute approximate surface area is 98.6 Å². The lowest BCUT2D eigenvalue weighted by Crippen LogP contribution is -1.94. The van der Waals surface area contributed by atoms with Gasteiger partial charge in [0.1, 0.15) is 0 Å². The molecule has 0 bridgehead atoms. The number of H-pyrrole nitrogens is 1. The zero-order valence-corrected chi connectivity index (χ0v) is 9.90. The van der Waals surface area contributed by atoms with E-state index < -0.39 is 0 Å². The molecule has 0 spiro atoms. The minimum atomic E-state index is 1.00. The largest absolute Gasteiger partial charge is 0.368 e. The molecule has 3 nitrogen and oxygen atoms in total. The Morgan fingerprint density at radius 2 is 2.19 bits per heavy atom. The van der Waals surface area contributed by atoms with Crippen LogP contribution in [0.5, 0.6) is 0 Å². The second kappa shape index (κ2) is 3.87. The maximum atomic E-state index is 4.30. The van der Waals surface area contributed by atoms with Crippen molar-refractivity contribution in [2.24, 2.45) is 0 Å². The van der Waals surface area contributed by atoms with Gasteiger partial charge < -0.3 is 5.32 Å². The number of aromatic amines is 1. The molecule has 0 saturated heterocycles. The van der Waals surface area contributed by atoms with Gasteiger partial charge in [-0.2, -0.15) is 5.10 Å². The first-order valence-electron chi connectivity index (χ1n) is 5.34. The molecule has 1 aliphatic heterocycles. The number of thioether (sulfide) groups is 1. The zero-order chi connectivity index (χ0) is 11.0. The average molecular weight is 231 g/mol.